The summed E-state index contributed by atoms with van der Waals surface area (Å²) >= 11 is 0. The first-order chi connectivity index (χ1) is 8.45. The molecule has 0 bridgehead atoms. The normalized spacial score (nSPS) is 12.2. The van der Waals surface area contributed by atoms with Crippen molar-refractivity contribution in [1.82, 2.24) is 19.4 Å². The van der Waals surface area contributed by atoms with Crippen LogP contribution in [-0.2, 0) is 23.6 Å². The van der Waals surface area contributed by atoms with Gasteiger partial charge in [0.25, 0.3) is 0 Å². The van der Waals surface area contributed by atoms with E-state index in [1.54, 1.807) is 17.9 Å². The van der Waals surface area contributed by atoms with Crippen LogP contribution in [0.4, 0.5) is 0 Å². The van der Waals surface area contributed by atoms with Gasteiger partial charge in [-0.15, -0.1) is 0 Å². The van der Waals surface area contributed by atoms with Gasteiger partial charge in [-0.25, -0.2) is 12.7 Å². The molecule has 0 aliphatic carbocycles. The van der Waals surface area contributed by atoms with Crippen LogP contribution in [0.5, 0.6) is 0 Å². The van der Waals surface area contributed by atoms with E-state index in [0.29, 0.717) is 13.1 Å². The fourth-order valence-electron chi connectivity index (χ4n) is 1.57. The fourth-order valence-corrected chi connectivity index (χ4v) is 2.63. The van der Waals surface area contributed by atoms with Gasteiger partial charge in [-0.2, -0.15) is 5.10 Å². The third-order valence-electron chi connectivity index (χ3n) is 2.60. The highest BCUT2D eigenvalue weighted by Gasteiger charge is 2.17. The predicted molar refractivity (Wildman–Crippen MR) is 71.6 cm³/mol. The number of hydrogen-bond donors (Lipinski definition) is 1. The second-order valence-electron chi connectivity index (χ2n) is 4.34. The number of nitrogens with zero attached hydrogens (tertiary/aromatic N) is 3. The van der Waals surface area contributed by atoms with Gasteiger partial charge in [0, 0.05) is 38.9 Å². The summed E-state index contributed by atoms with van der Waals surface area (Å²) in [4.78, 5) is 0. The molecule has 0 unspecified atom stereocenters. The molecule has 1 aromatic heterocycles. The van der Waals surface area contributed by atoms with Gasteiger partial charge in [-0.3, -0.25) is 4.68 Å². The first-order valence-electron chi connectivity index (χ1n) is 6.08. The zero-order valence-electron chi connectivity index (χ0n) is 11.3. The van der Waals surface area contributed by atoms with E-state index in [2.05, 4.69) is 17.3 Å². The molecule has 104 valence electrons. The van der Waals surface area contributed by atoms with E-state index in [-0.39, 0.29) is 5.75 Å². The van der Waals surface area contributed by atoms with Gasteiger partial charge in [0.15, 0.2) is 0 Å². The molecule has 0 atom stereocenters. The second kappa shape index (κ2) is 6.86. The van der Waals surface area contributed by atoms with E-state index in [1.807, 2.05) is 13.2 Å². The summed E-state index contributed by atoms with van der Waals surface area (Å²) in [7, 11) is 0.216. The van der Waals surface area contributed by atoms with Gasteiger partial charge < -0.3 is 5.32 Å². The van der Waals surface area contributed by atoms with Crippen molar-refractivity contribution in [3.05, 3.63) is 18.0 Å². The van der Waals surface area contributed by atoms with Crippen LogP contribution in [0.25, 0.3) is 0 Å². The van der Waals surface area contributed by atoms with Gasteiger partial charge in [-0.05, 0) is 13.0 Å². The lowest BCUT2D eigenvalue weighted by atomic mass is 10.4. The predicted octanol–water partition coefficient (Wildman–Crippen LogP) is 0.181. The summed E-state index contributed by atoms with van der Waals surface area (Å²) < 4.78 is 27.0. The summed E-state index contributed by atoms with van der Waals surface area (Å²) in [5, 5.41) is 7.11. The molecule has 0 saturated heterocycles. The maximum atomic E-state index is 12.0. The lowest BCUT2D eigenvalue weighted by molar-refractivity contribution is 0.465. The average molecular weight is 274 g/mol. The highest BCUT2D eigenvalue weighted by Crippen LogP contribution is 2.06. The van der Waals surface area contributed by atoms with Crippen molar-refractivity contribution in [2.45, 2.75) is 19.9 Å². The minimum absolute atomic E-state index is 0.129. The van der Waals surface area contributed by atoms with E-state index >= 15 is 0 Å². The zero-order valence-corrected chi connectivity index (χ0v) is 12.1. The highest BCUT2D eigenvalue weighted by molar-refractivity contribution is 7.89. The summed E-state index contributed by atoms with van der Waals surface area (Å²) in [6.07, 6.45) is 4.51. The van der Waals surface area contributed by atoms with Crippen LogP contribution in [0.2, 0.25) is 0 Å². The Kier molecular flexibility index (Phi) is 5.77. The molecule has 0 aromatic carbocycles. The monoisotopic (exact) mass is 274 g/mol. The van der Waals surface area contributed by atoms with Crippen molar-refractivity contribution in [1.29, 1.82) is 0 Å². The third-order valence-corrected chi connectivity index (χ3v) is 4.40. The fraction of sp³-hybridized carbons (Fsp3) is 0.727. The molecule has 0 saturated carbocycles. The van der Waals surface area contributed by atoms with Gasteiger partial charge in [0.05, 0.1) is 11.9 Å². The Morgan fingerprint density at radius 1 is 1.44 bits per heavy atom. The van der Waals surface area contributed by atoms with E-state index < -0.39 is 10.0 Å². The Bertz CT molecular complexity index is 455. The minimum Gasteiger partial charge on any atom is -0.316 e. The van der Waals surface area contributed by atoms with Crippen molar-refractivity contribution < 1.29 is 8.42 Å². The molecule has 1 heterocycles. The topological polar surface area (TPSA) is 67.2 Å². The quantitative estimate of drug-likeness (QED) is 0.687. The largest absolute Gasteiger partial charge is 0.316 e. The Morgan fingerprint density at radius 3 is 2.72 bits per heavy atom. The van der Waals surface area contributed by atoms with Crippen LogP contribution in [-0.4, -0.2) is 48.4 Å². The van der Waals surface area contributed by atoms with Crippen LogP contribution in [0, 0.1) is 0 Å². The van der Waals surface area contributed by atoms with E-state index in [1.165, 1.54) is 4.31 Å². The van der Waals surface area contributed by atoms with Crippen molar-refractivity contribution in [3.8, 4) is 0 Å². The molecule has 0 spiro atoms. The molecule has 18 heavy (non-hydrogen) atoms. The summed E-state index contributed by atoms with van der Waals surface area (Å²) in [6, 6.07) is 0. The highest BCUT2D eigenvalue weighted by atomic mass is 32.2. The summed E-state index contributed by atoms with van der Waals surface area (Å²) in [5.41, 5.74) is 0.894. The molecule has 0 aliphatic rings. The van der Waals surface area contributed by atoms with Crippen LogP contribution >= 0.6 is 0 Å². The number of aryl methyl sites for hydroxylation is 1. The van der Waals surface area contributed by atoms with Gasteiger partial charge in [0.1, 0.15) is 0 Å². The van der Waals surface area contributed by atoms with Crippen LogP contribution < -0.4 is 5.32 Å². The zero-order chi connectivity index (χ0) is 13.6. The number of aromatic nitrogens is 2. The molecular formula is C11H22N4O2S. The maximum absolute atomic E-state index is 12.0. The van der Waals surface area contributed by atoms with Crippen molar-refractivity contribution in [2.24, 2.45) is 7.05 Å². The number of rotatable bonds is 8. The smallest absolute Gasteiger partial charge is 0.215 e. The van der Waals surface area contributed by atoms with E-state index in [0.717, 1.165) is 18.5 Å². The lowest BCUT2D eigenvalue weighted by Gasteiger charge is -2.16. The van der Waals surface area contributed by atoms with Crippen LogP contribution in [0.15, 0.2) is 12.4 Å². The Balaban J connectivity index is 2.46. The van der Waals surface area contributed by atoms with Crippen molar-refractivity contribution in [2.75, 3.05) is 25.9 Å². The first kappa shape index (κ1) is 15.1. The average Bonchev–Trinajstić information content (AvgIpc) is 2.70. The third kappa shape index (κ3) is 4.75. The van der Waals surface area contributed by atoms with Crippen molar-refractivity contribution in [3.63, 3.8) is 0 Å². The maximum Gasteiger partial charge on any atom is 0.215 e. The van der Waals surface area contributed by atoms with E-state index in [9.17, 15) is 8.42 Å². The SMILES string of the molecule is CCCNCCS(=O)(=O)N(C)Cc1cnn(C)c1. The second-order valence-corrected chi connectivity index (χ2v) is 6.54. The molecule has 0 fully saturated rings. The summed E-state index contributed by atoms with van der Waals surface area (Å²) in [5.74, 6) is 0.129. The van der Waals surface area contributed by atoms with Gasteiger partial charge in [0.2, 0.25) is 10.0 Å². The van der Waals surface area contributed by atoms with Gasteiger partial charge in [-0.1, -0.05) is 6.92 Å². The minimum atomic E-state index is -3.20. The standard InChI is InChI=1S/C11H22N4O2S/c1-4-5-12-6-7-18(16,17)15(3)10-11-8-13-14(2)9-11/h8-9,12H,4-7,10H2,1-3H3. The number of hydrogen-bond acceptors (Lipinski definition) is 4. The molecule has 1 aromatic rings. The van der Waals surface area contributed by atoms with Gasteiger partial charge >= 0.3 is 0 Å². The molecule has 0 amide bonds. The number of nitrogens with one attached hydrogen (secondary N) is 1. The Hall–Kier alpha value is -0.920. The molecular weight excluding hydrogens is 252 g/mol. The Labute approximate surface area is 109 Å². The summed E-state index contributed by atoms with van der Waals surface area (Å²) in [6.45, 7) is 3.76. The molecule has 7 heteroatoms. The number of sulfonamides is 1. The van der Waals surface area contributed by atoms with Crippen molar-refractivity contribution >= 4 is 10.0 Å². The molecule has 1 N–H and O–H groups in total. The molecule has 0 aliphatic heterocycles. The lowest BCUT2D eigenvalue weighted by Crippen LogP contribution is -2.33. The molecule has 6 nitrogen and oxygen atoms in total. The van der Waals surface area contributed by atoms with Crippen LogP contribution in [0.1, 0.15) is 18.9 Å². The van der Waals surface area contributed by atoms with E-state index in [4.69, 9.17) is 0 Å². The molecule has 0 radical (unpaired) electrons. The Morgan fingerprint density at radius 2 is 2.17 bits per heavy atom. The molecule has 1 rings (SSSR count). The first-order valence-corrected chi connectivity index (χ1v) is 7.69. The van der Waals surface area contributed by atoms with Crippen LogP contribution in [0.3, 0.4) is 0 Å².